The van der Waals surface area contributed by atoms with E-state index in [9.17, 15) is 15.0 Å². The van der Waals surface area contributed by atoms with Gasteiger partial charge in [-0.05, 0) is 51.3 Å². The first kappa shape index (κ1) is 17.9. The van der Waals surface area contributed by atoms with Crippen molar-refractivity contribution in [3.8, 4) is 0 Å². The molecule has 0 aliphatic carbocycles. The van der Waals surface area contributed by atoms with E-state index in [1.807, 2.05) is 31.2 Å². The number of carbonyl (C=O) groups is 1. The third kappa shape index (κ3) is 4.77. The molecule has 1 heterocycles. The van der Waals surface area contributed by atoms with Gasteiger partial charge in [-0.2, -0.15) is 0 Å². The molecule has 5 heteroatoms. The molecule has 2 unspecified atom stereocenters. The zero-order valence-electron chi connectivity index (χ0n) is 14.2. The number of carbonyl (C=O) groups excluding carboxylic acids is 1. The van der Waals surface area contributed by atoms with Crippen LogP contribution in [0.5, 0.6) is 0 Å². The van der Waals surface area contributed by atoms with Gasteiger partial charge >= 0.3 is 0 Å². The van der Waals surface area contributed by atoms with Crippen molar-refractivity contribution in [3.05, 3.63) is 35.4 Å². The van der Waals surface area contributed by atoms with Gasteiger partial charge in [-0.15, -0.1) is 0 Å². The second-order valence-corrected chi connectivity index (χ2v) is 6.77. The SMILES string of the molecule is CCN(C(=O)c1ccc(CCC(C)(C)O)cc1)C1COCC1O. The van der Waals surface area contributed by atoms with Gasteiger partial charge in [0.2, 0.25) is 0 Å². The quantitative estimate of drug-likeness (QED) is 0.835. The molecule has 23 heavy (non-hydrogen) atoms. The van der Waals surface area contributed by atoms with Crippen LogP contribution in [-0.4, -0.2) is 58.5 Å². The molecule has 5 nitrogen and oxygen atoms in total. The van der Waals surface area contributed by atoms with Crippen LogP contribution in [-0.2, 0) is 11.2 Å². The fourth-order valence-electron chi connectivity index (χ4n) is 2.79. The number of aliphatic hydroxyl groups is 2. The van der Waals surface area contributed by atoms with Gasteiger partial charge in [0.25, 0.3) is 5.91 Å². The van der Waals surface area contributed by atoms with Crippen molar-refractivity contribution in [2.45, 2.75) is 51.4 Å². The fraction of sp³-hybridized carbons (Fsp3) is 0.611. The van der Waals surface area contributed by atoms with Gasteiger partial charge in [-0.3, -0.25) is 4.79 Å². The molecule has 0 saturated carbocycles. The smallest absolute Gasteiger partial charge is 0.254 e. The second-order valence-electron chi connectivity index (χ2n) is 6.77. The Morgan fingerprint density at radius 2 is 1.96 bits per heavy atom. The van der Waals surface area contributed by atoms with Crippen LogP contribution in [0.1, 0.15) is 43.1 Å². The Morgan fingerprint density at radius 3 is 2.43 bits per heavy atom. The average Bonchev–Trinajstić information content (AvgIpc) is 2.92. The Bertz CT molecular complexity index is 521. The number of likely N-dealkylation sites (N-methyl/N-ethyl adjacent to an activating group) is 1. The first-order valence-corrected chi connectivity index (χ1v) is 8.20. The molecule has 1 aliphatic rings. The number of nitrogens with zero attached hydrogens (tertiary/aromatic N) is 1. The van der Waals surface area contributed by atoms with Gasteiger partial charge in [-0.25, -0.2) is 0 Å². The molecule has 2 atom stereocenters. The lowest BCUT2D eigenvalue weighted by atomic mass is 9.98. The number of aliphatic hydroxyl groups excluding tert-OH is 1. The summed E-state index contributed by atoms with van der Waals surface area (Å²) in [4.78, 5) is 14.3. The molecule has 0 radical (unpaired) electrons. The second kappa shape index (κ2) is 7.43. The average molecular weight is 321 g/mol. The van der Waals surface area contributed by atoms with E-state index in [2.05, 4.69) is 0 Å². The topological polar surface area (TPSA) is 70.0 Å². The number of amides is 1. The summed E-state index contributed by atoms with van der Waals surface area (Å²) in [5.41, 5.74) is 1.01. The summed E-state index contributed by atoms with van der Waals surface area (Å²) in [6.07, 6.45) is 0.822. The standard InChI is InChI=1S/C18H27NO4/c1-4-19(15-11-23-12-16(15)20)17(21)14-7-5-13(6-8-14)9-10-18(2,3)22/h5-8,15-16,20,22H,4,9-12H2,1-3H3. The van der Waals surface area contributed by atoms with E-state index in [4.69, 9.17) is 4.74 Å². The molecule has 1 aromatic rings. The minimum atomic E-state index is -0.688. The van der Waals surface area contributed by atoms with Crippen LogP contribution in [0.15, 0.2) is 24.3 Å². The third-order valence-corrected chi connectivity index (χ3v) is 4.25. The minimum Gasteiger partial charge on any atom is -0.390 e. The van der Waals surface area contributed by atoms with Crippen LogP contribution >= 0.6 is 0 Å². The maximum absolute atomic E-state index is 12.7. The zero-order chi connectivity index (χ0) is 17.0. The van der Waals surface area contributed by atoms with Gasteiger partial charge in [0.05, 0.1) is 31.0 Å². The number of ether oxygens (including phenoxy) is 1. The molecule has 0 spiro atoms. The summed E-state index contributed by atoms with van der Waals surface area (Å²) >= 11 is 0. The summed E-state index contributed by atoms with van der Waals surface area (Å²) in [6.45, 7) is 6.68. The fourth-order valence-corrected chi connectivity index (χ4v) is 2.79. The highest BCUT2D eigenvalue weighted by molar-refractivity contribution is 5.94. The van der Waals surface area contributed by atoms with Crippen LogP contribution < -0.4 is 0 Å². The van der Waals surface area contributed by atoms with Crippen LogP contribution in [0.25, 0.3) is 0 Å². The molecule has 1 aromatic carbocycles. The predicted octanol–water partition coefficient (Wildman–Crippen LogP) is 1.61. The molecular formula is C18H27NO4. The van der Waals surface area contributed by atoms with Crippen molar-refractivity contribution in [2.24, 2.45) is 0 Å². The van der Waals surface area contributed by atoms with E-state index < -0.39 is 11.7 Å². The van der Waals surface area contributed by atoms with Crippen molar-refractivity contribution >= 4 is 5.91 Å². The van der Waals surface area contributed by atoms with Crippen LogP contribution in [0.4, 0.5) is 0 Å². The molecule has 1 fully saturated rings. The summed E-state index contributed by atoms with van der Waals surface area (Å²) in [6, 6.07) is 7.20. The Morgan fingerprint density at radius 1 is 1.30 bits per heavy atom. The molecule has 2 N–H and O–H groups in total. The molecule has 0 aromatic heterocycles. The van der Waals surface area contributed by atoms with Crippen molar-refractivity contribution in [2.75, 3.05) is 19.8 Å². The molecule has 1 amide bonds. The van der Waals surface area contributed by atoms with Crippen molar-refractivity contribution < 1.29 is 19.7 Å². The maximum Gasteiger partial charge on any atom is 0.254 e. The predicted molar refractivity (Wildman–Crippen MR) is 88.4 cm³/mol. The first-order chi connectivity index (χ1) is 10.8. The summed E-state index contributed by atoms with van der Waals surface area (Å²) in [7, 11) is 0. The van der Waals surface area contributed by atoms with E-state index >= 15 is 0 Å². The summed E-state index contributed by atoms with van der Waals surface area (Å²) in [5.74, 6) is -0.0870. The van der Waals surface area contributed by atoms with E-state index in [0.717, 1.165) is 12.0 Å². The lowest BCUT2D eigenvalue weighted by Gasteiger charge is -2.29. The van der Waals surface area contributed by atoms with Crippen LogP contribution in [0.3, 0.4) is 0 Å². The van der Waals surface area contributed by atoms with Gasteiger partial charge in [0, 0.05) is 12.1 Å². The highest BCUT2D eigenvalue weighted by Gasteiger charge is 2.34. The summed E-state index contributed by atoms with van der Waals surface area (Å²) < 4.78 is 5.25. The van der Waals surface area contributed by atoms with Crippen molar-refractivity contribution in [1.29, 1.82) is 0 Å². The molecule has 1 aliphatic heterocycles. The Kier molecular flexibility index (Phi) is 5.79. The van der Waals surface area contributed by atoms with Gasteiger partial charge in [0.1, 0.15) is 0 Å². The number of aryl methyl sites for hydroxylation is 1. The van der Waals surface area contributed by atoms with E-state index in [1.54, 1.807) is 18.7 Å². The molecule has 2 rings (SSSR count). The van der Waals surface area contributed by atoms with Gasteiger partial charge < -0.3 is 19.8 Å². The Labute approximate surface area is 137 Å². The first-order valence-electron chi connectivity index (χ1n) is 8.20. The minimum absolute atomic E-state index is 0.0870. The lowest BCUT2D eigenvalue weighted by molar-refractivity contribution is 0.0520. The molecule has 128 valence electrons. The Balaban J connectivity index is 2.04. The van der Waals surface area contributed by atoms with Gasteiger partial charge in [0.15, 0.2) is 0 Å². The van der Waals surface area contributed by atoms with Crippen molar-refractivity contribution in [3.63, 3.8) is 0 Å². The summed E-state index contributed by atoms with van der Waals surface area (Å²) in [5, 5.41) is 19.7. The van der Waals surface area contributed by atoms with Crippen molar-refractivity contribution in [1.82, 2.24) is 4.90 Å². The zero-order valence-corrected chi connectivity index (χ0v) is 14.2. The number of rotatable bonds is 6. The molecular weight excluding hydrogens is 294 g/mol. The maximum atomic E-state index is 12.7. The molecule has 0 bridgehead atoms. The number of hydrogen-bond acceptors (Lipinski definition) is 4. The van der Waals surface area contributed by atoms with Crippen LogP contribution in [0.2, 0.25) is 0 Å². The highest BCUT2D eigenvalue weighted by atomic mass is 16.5. The normalized spacial score (nSPS) is 21.4. The Hall–Kier alpha value is -1.43. The van der Waals surface area contributed by atoms with Gasteiger partial charge in [-0.1, -0.05) is 12.1 Å². The monoisotopic (exact) mass is 321 g/mol. The number of benzene rings is 1. The van der Waals surface area contributed by atoms with E-state index in [-0.39, 0.29) is 18.6 Å². The van der Waals surface area contributed by atoms with Crippen LogP contribution in [0, 0.1) is 0 Å². The van der Waals surface area contributed by atoms with E-state index in [0.29, 0.717) is 25.1 Å². The molecule has 1 saturated heterocycles. The highest BCUT2D eigenvalue weighted by Crippen LogP contribution is 2.18. The third-order valence-electron chi connectivity index (χ3n) is 4.25. The van der Waals surface area contributed by atoms with E-state index in [1.165, 1.54) is 0 Å². The lowest BCUT2D eigenvalue weighted by Crippen LogP contribution is -2.46. The largest absolute Gasteiger partial charge is 0.390 e. The number of hydrogen-bond donors (Lipinski definition) is 2.